The summed E-state index contributed by atoms with van der Waals surface area (Å²) in [7, 11) is 4.01. The quantitative estimate of drug-likeness (QED) is 0.323. The molecule has 1 aliphatic rings. The third-order valence-electron chi connectivity index (χ3n) is 5.43. The van der Waals surface area contributed by atoms with Crippen LogP contribution in [0.1, 0.15) is 47.8 Å². The Balaban J connectivity index is 0.00000341. The second kappa shape index (κ2) is 12.3. The van der Waals surface area contributed by atoms with Crippen LogP contribution in [-0.4, -0.2) is 52.9 Å². The summed E-state index contributed by atoms with van der Waals surface area (Å²) in [5, 5.41) is 4.08. The molecule has 1 saturated heterocycles. The Morgan fingerprint density at radius 3 is 2.45 bits per heavy atom. The number of aryl methyl sites for hydroxylation is 1. The Hall–Kier alpha value is -1.74. The van der Waals surface area contributed by atoms with Crippen molar-refractivity contribution in [3.05, 3.63) is 58.4 Å². The lowest BCUT2D eigenvalue weighted by molar-refractivity contribution is 0.0724. The zero-order valence-electron chi connectivity index (χ0n) is 18.6. The number of halogens is 2. The molecular formula is C23H33ClIN5O. The van der Waals surface area contributed by atoms with Gasteiger partial charge < -0.3 is 19.7 Å². The Morgan fingerprint density at radius 1 is 1.19 bits per heavy atom. The van der Waals surface area contributed by atoms with E-state index < -0.39 is 0 Å². The average molecular weight is 558 g/mol. The number of nitrogens with one attached hydrogen (secondary N) is 1. The third kappa shape index (κ3) is 7.14. The van der Waals surface area contributed by atoms with E-state index >= 15 is 0 Å². The van der Waals surface area contributed by atoms with Crippen molar-refractivity contribution in [2.45, 2.75) is 39.3 Å². The molecule has 1 amide bonds. The number of hydrogen-bond acceptors (Lipinski definition) is 2. The highest BCUT2D eigenvalue weighted by atomic mass is 127. The highest BCUT2D eigenvalue weighted by Crippen LogP contribution is 2.16. The number of amides is 1. The maximum Gasteiger partial charge on any atom is 0.253 e. The van der Waals surface area contributed by atoms with Crippen molar-refractivity contribution in [1.82, 2.24) is 19.7 Å². The summed E-state index contributed by atoms with van der Waals surface area (Å²) < 4.78 is 2.03. The molecule has 0 aliphatic carbocycles. The Kier molecular flexibility index (Phi) is 10.2. The molecule has 170 valence electrons. The molecule has 2 heterocycles. The van der Waals surface area contributed by atoms with E-state index in [0.717, 1.165) is 60.3 Å². The van der Waals surface area contributed by atoms with E-state index in [4.69, 9.17) is 16.6 Å². The van der Waals surface area contributed by atoms with Gasteiger partial charge in [0.05, 0.1) is 18.1 Å². The molecule has 8 heteroatoms. The van der Waals surface area contributed by atoms with E-state index in [1.54, 1.807) is 0 Å². The molecule has 1 N–H and O–H groups in total. The number of guanidine groups is 1. The van der Waals surface area contributed by atoms with Crippen molar-refractivity contribution in [2.75, 3.05) is 26.7 Å². The number of hydrogen-bond donors (Lipinski definition) is 1. The summed E-state index contributed by atoms with van der Waals surface area (Å²) in [6.45, 7) is 5.85. The molecule has 1 aromatic carbocycles. The molecule has 1 aliphatic heterocycles. The number of piperidine rings is 1. The van der Waals surface area contributed by atoms with Gasteiger partial charge in [-0.15, -0.1) is 24.0 Å². The lowest BCUT2D eigenvalue weighted by atomic mass is 10.1. The van der Waals surface area contributed by atoms with Crippen LogP contribution in [0, 0.1) is 0 Å². The topological polar surface area (TPSA) is 52.9 Å². The van der Waals surface area contributed by atoms with Crippen LogP contribution in [-0.2, 0) is 20.1 Å². The molecular weight excluding hydrogens is 525 g/mol. The number of carbonyl (C=O) groups is 1. The van der Waals surface area contributed by atoms with Crippen molar-refractivity contribution in [2.24, 2.45) is 12.0 Å². The van der Waals surface area contributed by atoms with Gasteiger partial charge in [0.2, 0.25) is 0 Å². The van der Waals surface area contributed by atoms with Gasteiger partial charge in [-0.05, 0) is 49.9 Å². The Labute approximate surface area is 207 Å². The summed E-state index contributed by atoms with van der Waals surface area (Å²) in [5.74, 6) is 0.974. The zero-order valence-corrected chi connectivity index (χ0v) is 21.7. The molecule has 1 aromatic heterocycles. The van der Waals surface area contributed by atoms with Crippen LogP contribution in [0.15, 0.2) is 41.5 Å². The van der Waals surface area contributed by atoms with Crippen LogP contribution in [0.2, 0.25) is 5.02 Å². The van der Waals surface area contributed by atoms with Gasteiger partial charge in [-0.1, -0.05) is 23.7 Å². The largest absolute Gasteiger partial charge is 0.357 e. The smallest absolute Gasteiger partial charge is 0.253 e. The second-order valence-corrected chi connectivity index (χ2v) is 8.27. The second-order valence-electron chi connectivity index (χ2n) is 7.84. The van der Waals surface area contributed by atoms with Crippen LogP contribution in [0.25, 0.3) is 0 Å². The average Bonchev–Trinajstić information content (AvgIpc) is 3.08. The van der Waals surface area contributed by atoms with E-state index in [9.17, 15) is 4.79 Å². The molecule has 3 rings (SSSR count). The lowest BCUT2D eigenvalue weighted by Crippen LogP contribution is -2.38. The fraction of sp³-hybridized carbons (Fsp3) is 0.478. The van der Waals surface area contributed by atoms with E-state index in [1.807, 2.05) is 60.1 Å². The SMILES string of the molecule is CCNC(=NCc1ccc(C(=O)N2CCCCC2)cc1)N(C)Cc1cc(Cl)cn1C.I. The van der Waals surface area contributed by atoms with Gasteiger partial charge in [-0.3, -0.25) is 4.79 Å². The summed E-state index contributed by atoms with van der Waals surface area (Å²) in [4.78, 5) is 21.4. The highest BCUT2D eigenvalue weighted by Gasteiger charge is 2.18. The predicted molar refractivity (Wildman–Crippen MR) is 138 cm³/mol. The first kappa shape index (κ1) is 25.5. The normalized spacial score (nSPS) is 14.2. The van der Waals surface area contributed by atoms with E-state index in [-0.39, 0.29) is 29.9 Å². The lowest BCUT2D eigenvalue weighted by Gasteiger charge is -2.26. The molecule has 0 radical (unpaired) electrons. The van der Waals surface area contributed by atoms with Gasteiger partial charge in [0.1, 0.15) is 0 Å². The number of rotatable bonds is 6. The number of likely N-dealkylation sites (tertiary alicyclic amines) is 1. The summed E-state index contributed by atoms with van der Waals surface area (Å²) in [5.41, 5.74) is 2.96. The van der Waals surface area contributed by atoms with E-state index in [2.05, 4.69) is 17.1 Å². The summed E-state index contributed by atoms with van der Waals surface area (Å²) >= 11 is 6.10. The minimum Gasteiger partial charge on any atom is -0.357 e. The Morgan fingerprint density at radius 2 is 1.87 bits per heavy atom. The van der Waals surface area contributed by atoms with Crippen molar-refractivity contribution in [3.8, 4) is 0 Å². The Bertz CT molecular complexity index is 875. The van der Waals surface area contributed by atoms with Gasteiger partial charge in [0.25, 0.3) is 5.91 Å². The maximum absolute atomic E-state index is 12.6. The molecule has 0 saturated carbocycles. The number of nitrogens with zero attached hydrogens (tertiary/aromatic N) is 4. The molecule has 6 nitrogen and oxygen atoms in total. The van der Waals surface area contributed by atoms with Crippen molar-refractivity contribution in [1.29, 1.82) is 0 Å². The monoisotopic (exact) mass is 557 g/mol. The maximum atomic E-state index is 12.6. The zero-order chi connectivity index (χ0) is 21.5. The van der Waals surface area contributed by atoms with Gasteiger partial charge in [-0.25, -0.2) is 4.99 Å². The molecule has 0 atom stereocenters. The fourth-order valence-corrected chi connectivity index (χ4v) is 3.98. The predicted octanol–water partition coefficient (Wildman–Crippen LogP) is 4.52. The minimum absolute atomic E-state index is 0. The number of aliphatic imine (C=N–C) groups is 1. The van der Waals surface area contributed by atoms with Crippen LogP contribution >= 0.6 is 35.6 Å². The molecule has 0 spiro atoms. The first-order valence-corrected chi connectivity index (χ1v) is 11.0. The summed E-state index contributed by atoms with van der Waals surface area (Å²) in [6.07, 6.45) is 5.34. The molecule has 2 aromatic rings. The molecule has 0 unspecified atom stereocenters. The molecule has 31 heavy (non-hydrogen) atoms. The van der Waals surface area contributed by atoms with Crippen LogP contribution in [0.3, 0.4) is 0 Å². The number of aromatic nitrogens is 1. The fourth-order valence-electron chi connectivity index (χ4n) is 3.71. The van der Waals surface area contributed by atoms with Gasteiger partial charge in [-0.2, -0.15) is 0 Å². The molecule has 0 bridgehead atoms. The summed E-state index contributed by atoms with van der Waals surface area (Å²) in [6, 6.07) is 9.82. The highest BCUT2D eigenvalue weighted by molar-refractivity contribution is 14.0. The minimum atomic E-state index is 0. The van der Waals surface area contributed by atoms with Gasteiger partial charge >= 0.3 is 0 Å². The van der Waals surface area contributed by atoms with E-state index in [1.165, 1.54) is 6.42 Å². The van der Waals surface area contributed by atoms with Crippen LogP contribution in [0.4, 0.5) is 0 Å². The van der Waals surface area contributed by atoms with Gasteiger partial charge in [0.15, 0.2) is 5.96 Å². The van der Waals surface area contributed by atoms with Gasteiger partial charge in [0, 0.05) is 51.2 Å². The first-order chi connectivity index (χ1) is 14.5. The molecule has 1 fully saturated rings. The van der Waals surface area contributed by atoms with Crippen molar-refractivity contribution < 1.29 is 4.79 Å². The van der Waals surface area contributed by atoms with Crippen LogP contribution < -0.4 is 5.32 Å². The van der Waals surface area contributed by atoms with Crippen LogP contribution in [0.5, 0.6) is 0 Å². The first-order valence-electron chi connectivity index (χ1n) is 10.7. The third-order valence-corrected chi connectivity index (χ3v) is 5.63. The van der Waals surface area contributed by atoms with E-state index in [0.29, 0.717) is 13.1 Å². The standard InChI is InChI=1S/C23H32ClN5O.HI/c1-4-25-23(28(3)17-21-14-20(24)16-27(21)2)26-15-18-8-10-19(11-9-18)22(30)29-12-6-5-7-13-29;/h8-11,14,16H,4-7,12-13,15,17H2,1-3H3,(H,25,26);1H. The van der Waals surface area contributed by atoms with Crippen molar-refractivity contribution in [3.63, 3.8) is 0 Å². The van der Waals surface area contributed by atoms with Crippen molar-refractivity contribution >= 4 is 47.4 Å². The number of carbonyl (C=O) groups excluding carboxylic acids is 1. The number of benzene rings is 1.